The van der Waals surface area contributed by atoms with E-state index in [0.717, 1.165) is 5.56 Å². The Hall–Kier alpha value is -3.87. The fraction of sp³-hybridized carbons (Fsp3) is 0.130. The minimum atomic E-state index is -0.603. The molecule has 0 aliphatic rings. The zero-order valence-electron chi connectivity index (χ0n) is 16.8. The minimum absolute atomic E-state index is 0.0701. The summed E-state index contributed by atoms with van der Waals surface area (Å²) >= 11 is 0. The Morgan fingerprint density at radius 2 is 1.60 bits per heavy atom. The number of rotatable bonds is 6. The first-order chi connectivity index (χ1) is 14.4. The second kappa shape index (κ2) is 9.56. The van der Waals surface area contributed by atoms with Crippen molar-refractivity contribution in [2.75, 3.05) is 29.6 Å². The van der Waals surface area contributed by atoms with Gasteiger partial charge in [-0.15, -0.1) is 0 Å². The lowest BCUT2D eigenvalue weighted by Gasteiger charge is -2.19. The van der Waals surface area contributed by atoms with Crippen LogP contribution in [0.1, 0.15) is 15.9 Å². The zero-order chi connectivity index (χ0) is 21.5. The highest BCUT2D eigenvalue weighted by atomic mass is 19.1. The number of benzene rings is 3. The van der Waals surface area contributed by atoms with Crippen molar-refractivity contribution < 1.29 is 14.0 Å². The van der Waals surface area contributed by atoms with Gasteiger partial charge < -0.3 is 20.9 Å². The average Bonchev–Trinajstić information content (AvgIpc) is 2.74. The Balaban J connectivity index is 1.74. The van der Waals surface area contributed by atoms with Crippen molar-refractivity contribution in [3.63, 3.8) is 0 Å². The van der Waals surface area contributed by atoms with Crippen molar-refractivity contribution >= 4 is 29.0 Å². The molecule has 0 spiro atoms. The quantitative estimate of drug-likeness (QED) is 0.566. The van der Waals surface area contributed by atoms with Crippen LogP contribution in [0.15, 0.2) is 72.8 Å². The number of urea groups is 1. The van der Waals surface area contributed by atoms with Crippen LogP contribution >= 0.6 is 0 Å². The van der Waals surface area contributed by atoms with E-state index in [-0.39, 0.29) is 11.6 Å². The Morgan fingerprint density at radius 3 is 2.30 bits per heavy atom. The third-order valence-electron chi connectivity index (χ3n) is 4.40. The van der Waals surface area contributed by atoms with E-state index >= 15 is 0 Å². The van der Waals surface area contributed by atoms with Gasteiger partial charge in [-0.05, 0) is 35.9 Å². The third kappa shape index (κ3) is 5.35. The maximum absolute atomic E-state index is 13.7. The maximum atomic E-state index is 13.7. The second-order valence-electron chi connectivity index (χ2n) is 6.85. The van der Waals surface area contributed by atoms with Gasteiger partial charge in [-0.3, -0.25) is 4.79 Å². The van der Waals surface area contributed by atoms with E-state index in [4.69, 9.17) is 0 Å². The molecule has 3 aromatic carbocycles. The van der Waals surface area contributed by atoms with Gasteiger partial charge in [0.15, 0.2) is 0 Å². The topological polar surface area (TPSA) is 73.5 Å². The van der Waals surface area contributed by atoms with Gasteiger partial charge in [-0.25, -0.2) is 9.18 Å². The predicted octanol–water partition coefficient (Wildman–Crippen LogP) is 4.47. The average molecular weight is 406 g/mol. The molecule has 0 radical (unpaired) electrons. The van der Waals surface area contributed by atoms with Gasteiger partial charge in [0.1, 0.15) is 5.82 Å². The number of anilines is 3. The van der Waals surface area contributed by atoms with Gasteiger partial charge in [0.25, 0.3) is 5.91 Å². The van der Waals surface area contributed by atoms with Crippen LogP contribution in [0.25, 0.3) is 0 Å². The van der Waals surface area contributed by atoms with Crippen molar-refractivity contribution in [2.24, 2.45) is 0 Å². The molecule has 3 aromatic rings. The molecule has 3 amide bonds. The van der Waals surface area contributed by atoms with E-state index in [1.807, 2.05) is 49.3 Å². The number of carbonyl (C=O) groups excluding carboxylic acids is 2. The van der Waals surface area contributed by atoms with Crippen LogP contribution in [0.5, 0.6) is 0 Å². The summed E-state index contributed by atoms with van der Waals surface area (Å²) in [5.41, 5.74) is 2.59. The number of amides is 3. The first-order valence-corrected chi connectivity index (χ1v) is 9.40. The van der Waals surface area contributed by atoms with Crippen LogP contribution in [0.2, 0.25) is 0 Å². The molecule has 0 aliphatic heterocycles. The van der Waals surface area contributed by atoms with Crippen LogP contribution < -0.4 is 20.9 Å². The van der Waals surface area contributed by atoms with Crippen LogP contribution in [0.3, 0.4) is 0 Å². The fourth-order valence-corrected chi connectivity index (χ4v) is 2.91. The lowest BCUT2D eigenvalue weighted by atomic mass is 10.1. The summed E-state index contributed by atoms with van der Waals surface area (Å²) in [5.74, 6) is -0.794. The SMILES string of the molecule is CN(C)c1ccc(NC(=O)Nc2ccccc2F)cc1C(=O)NCc1ccccc1. The molecule has 0 aliphatic carbocycles. The highest BCUT2D eigenvalue weighted by Crippen LogP contribution is 2.23. The molecule has 0 heterocycles. The van der Waals surface area contributed by atoms with E-state index < -0.39 is 11.8 Å². The standard InChI is InChI=1S/C23H23FN4O2/c1-28(2)21-13-12-17(26-23(30)27-20-11-7-6-10-19(20)24)14-18(21)22(29)25-15-16-8-4-3-5-9-16/h3-14H,15H2,1-2H3,(H,25,29)(H2,26,27,30). The summed E-state index contributed by atoms with van der Waals surface area (Å²) in [4.78, 5) is 26.9. The fourth-order valence-electron chi connectivity index (χ4n) is 2.91. The molecule has 3 N–H and O–H groups in total. The van der Waals surface area contributed by atoms with Crippen molar-refractivity contribution in [1.29, 1.82) is 0 Å². The van der Waals surface area contributed by atoms with E-state index in [1.165, 1.54) is 12.1 Å². The molecule has 0 bridgehead atoms. The minimum Gasteiger partial charge on any atom is -0.377 e. The third-order valence-corrected chi connectivity index (χ3v) is 4.40. The Kier molecular flexibility index (Phi) is 6.64. The molecule has 0 aromatic heterocycles. The first-order valence-electron chi connectivity index (χ1n) is 9.40. The van der Waals surface area contributed by atoms with E-state index in [2.05, 4.69) is 16.0 Å². The molecule has 7 heteroatoms. The highest BCUT2D eigenvalue weighted by molar-refractivity contribution is 6.04. The van der Waals surface area contributed by atoms with E-state index in [1.54, 1.807) is 30.3 Å². The number of hydrogen-bond acceptors (Lipinski definition) is 3. The van der Waals surface area contributed by atoms with Gasteiger partial charge in [-0.2, -0.15) is 0 Å². The molecule has 30 heavy (non-hydrogen) atoms. The molecule has 0 atom stereocenters. The molecule has 6 nitrogen and oxygen atoms in total. The summed E-state index contributed by atoms with van der Waals surface area (Å²) in [6.07, 6.45) is 0. The lowest BCUT2D eigenvalue weighted by molar-refractivity contribution is 0.0951. The summed E-state index contributed by atoms with van der Waals surface area (Å²) in [5, 5.41) is 7.99. The second-order valence-corrected chi connectivity index (χ2v) is 6.85. The van der Waals surface area contributed by atoms with Crippen molar-refractivity contribution in [1.82, 2.24) is 5.32 Å². The van der Waals surface area contributed by atoms with Gasteiger partial charge in [0.2, 0.25) is 0 Å². The van der Waals surface area contributed by atoms with Crippen LogP contribution in [0.4, 0.5) is 26.2 Å². The number of halogens is 1. The summed E-state index contributed by atoms with van der Waals surface area (Å²) in [6.45, 7) is 0.387. The monoisotopic (exact) mass is 406 g/mol. The van der Waals surface area contributed by atoms with Gasteiger partial charge in [0.05, 0.1) is 11.3 Å². The number of hydrogen-bond donors (Lipinski definition) is 3. The van der Waals surface area contributed by atoms with Crippen LogP contribution in [-0.2, 0) is 6.54 Å². The molecular weight excluding hydrogens is 383 g/mol. The Morgan fingerprint density at radius 1 is 0.900 bits per heavy atom. The van der Waals surface area contributed by atoms with Gasteiger partial charge in [-0.1, -0.05) is 42.5 Å². The molecule has 0 unspecified atom stereocenters. The van der Waals surface area contributed by atoms with E-state index in [9.17, 15) is 14.0 Å². The highest BCUT2D eigenvalue weighted by Gasteiger charge is 2.15. The zero-order valence-corrected chi connectivity index (χ0v) is 16.8. The molecule has 154 valence electrons. The normalized spacial score (nSPS) is 10.2. The van der Waals surface area contributed by atoms with Gasteiger partial charge >= 0.3 is 6.03 Å². The summed E-state index contributed by atoms with van der Waals surface area (Å²) < 4.78 is 13.7. The van der Waals surface area contributed by atoms with Crippen molar-refractivity contribution in [2.45, 2.75) is 6.54 Å². The lowest BCUT2D eigenvalue weighted by Crippen LogP contribution is -2.26. The number of nitrogens with zero attached hydrogens (tertiary/aromatic N) is 1. The Bertz CT molecular complexity index is 1040. The molecular formula is C23H23FN4O2. The smallest absolute Gasteiger partial charge is 0.323 e. The van der Waals surface area contributed by atoms with Crippen molar-refractivity contribution in [3.05, 3.63) is 89.7 Å². The first kappa shape index (κ1) is 20.9. The molecule has 3 rings (SSSR count). The number of nitrogens with one attached hydrogen (secondary N) is 3. The number of carbonyl (C=O) groups is 2. The predicted molar refractivity (Wildman–Crippen MR) is 117 cm³/mol. The maximum Gasteiger partial charge on any atom is 0.323 e. The number of para-hydroxylation sites is 1. The molecule has 0 saturated heterocycles. The molecule has 0 saturated carbocycles. The van der Waals surface area contributed by atoms with E-state index in [0.29, 0.717) is 23.5 Å². The Labute approximate surface area is 174 Å². The van der Waals surface area contributed by atoms with Gasteiger partial charge in [0, 0.05) is 32.0 Å². The van der Waals surface area contributed by atoms with Crippen molar-refractivity contribution in [3.8, 4) is 0 Å². The van der Waals surface area contributed by atoms with Crippen LogP contribution in [0, 0.1) is 5.82 Å². The summed E-state index contributed by atoms with van der Waals surface area (Å²) in [6, 6.07) is 19.9. The van der Waals surface area contributed by atoms with Crippen LogP contribution in [-0.4, -0.2) is 26.0 Å². The summed E-state index contributed by atoms with van der Waals surface area (Å²) in [7, 11) is 3.67. The molecule has 0 fully saturated rings. The largest absolute Gasteiger partial charge is 0.377 e.